The lowest BCUT2D eigenvalue weighted by Gasteiger charge is -2.31. The van der Waals surface area contributed by atoms with Crippen LogP contribution in [0.25, 0.3) is 0 Å². The molecule has 1 aliphatic rings. The molecule has 0 spiro atoms. The summed E-state index contributed by atoms with van der Waals surface area (Å²) < 4.78 is 14.8. The number of nitrogens with one attached hydrogen (secondary N) is 1. The molecule has 2 aromatic rings. The maximum Gasteiger partial charge on any atom is 0.242 e. The van der Waals surface area contributed by atoms with Crippen molar-refractivity contribution in [2.75, 3.05) is 0 Å². The van der Waals surface area contributed by atoms with E-state index in [1.165, 1.54) is 12.1 Å². The molecule has 1 amide bonds. The molecule has 1 aliphatic carbocycles. The molecule has 1 N–H and O–H groups in total. The van der Waals surface area contributed by atoms with Crippen molar-refractivity contribution in [3.05, 3.63) is 52.1 Å². The SMILES string of the molecule is Cc1nn(CC(=O)NC2(c3ccc(F)cc3)CCCC2)c(C)c1Cl. The lowest BCUT2D eigenvalue weighted by atomic mass is 9.88. The normalized spacial score (nSPS) is 16.3. The summed E-state index contributed by atoms with van der Waals surface area (Å²) in [5.74, 6) is -0.376. The second kappa shape index (κ2) is 6.55. The monoisotopic (exact) mass is 349 g/mol. The van der Waals surface area contributed by atoms with E-state index in [2.05, 4.69) is 10.4 Å². The first-order valence-corrected chi connectivity index (χ1v) is 8.56. The number of aryl methyl sites for hydroxylation is 1. The van der Waals surface area contributed by atoms with Gasteiger partial charge in [-0.05, 0) is 44.4 Å². The van der Waals surface area contributed by atoms with Crippen molar-refractivity contribution in [3.8, 4) is 0 Å². The van der Waals surface area contributed by atoms with Gasteiger partial charge in [0.1, 0.15) is 12.4 Å². The Labute approximate surface area is 146 Å². The topological polar surface area (TPSA) is 46.9 Å². The minimum atomic E-state index is -0.412. The van der Waals surface area contributed by atoms with Gasteiger partial charge >= 0.3 is 0 Å². The number of aromatic nitrogens is 2. The number of amides is 1. The Morgan fingerprint density at radius 1 is 1.29 bits per heavy atom. The molecule has 4 nitrogen and oxygen atoms in total. The van der Waals surface area contributed by atoms with E-state index >= 15 is 0 Å². The fraction of sp³-hybridized carbons (Fsp3) is 0.444. The van der Waals surface area contributed by atoms with Crippen LogP contribution < -0.4 is 5.32 Å². The molecular formula is C18H21ClFN3O. The van der Waals surface area contributed by atoms with Crippen LogP contribution in [0.2, 0.25) is 5.02 Å². The fourth-order valence-electron chi connectivity index (χ4n) is 3.50. The van der Waals surface area contributed by atoms with Crippen LogP contribution >= 0.6 is 11.6 Å². The first-order chi connectivity index (χ1) is 11.4. The highest BCUT2D eigenvalue weighted by molar-refractivity contribution is 6.31. The molecule has 0 radical (unpaired) electrons. The number of nitrogens with zero attached hydrogens (tertiary/aromatic N) is 2. The van der Waals surface area contributed by atoms with E-state index in [4.69, 9.17) is 11.6 Å². The molecule has 0 aliphatic heterocycles. The third-order valence-corrected chi connectivity index (χ3v) is 5.37. The lowest BCUT2D eigenvalue weighted by Crippen LogP contribution is -2.45. The second-order valence-electron chi connectivity index (χ2n) is 6.49. The number of hydrogen-bond acceptors (Lipinski definition) is 2. The Balaban J connectivity index is 1.79. The van der Waals surface area contributed by atoms with Crippen LogP contribution in [0.4, 0.5) is 4.39 Å². The molecule has 0 atom stereocenters. The number of halogens is 2. The van der Waals surface area contributed by atoms with Crippen molar-refractivity contribution in [2.24, 2.45) is 0 Å². The summed E-state index contributed by atoms with van der Waals surface area (Å²) in [6.45, 7) is 3.80. The summed E-state index contributed by atoms with van der Waals surface area (Å²) in [6, 6.07) is 6.42. The van der Waals surface area contributed by atoms with Crippen LogP contribution in [0, 0.1) is 19.7 Å². The van der Waals surface area contributed by atoms with Crippen LogP contribution in [0.1, 0.15) is 42.6 Å². The number of carbonyl (C=O) groups excluding carboxylic acids is 1. The predicted molar refractivity (Wildman–Crippen MR) is 91.4 cm³/mol. The summed E-state index contributed by atoms with van der Waals surface area (Å²) in [5.41, 5.74) is 2.05. The number of rotatable bonds is 4. The van der Waals surface area contributed by atoms with E-state index in [1.54, 1.807) is 16.8 Å². The average Bonchev–Trinajstić information content (AvgIpc) is 3.10. The largest absolute Gasteiger partial charge is 0.345 e. The molecule has 1 fully saturated rings. The average molecular weight is 350 g/mol. The zero-order valence-corrected chi connectivity index (χ0v) is 14.7. The van der Waals surface area contributed by atoms with Crippen molar-refractivity contribution < 1.29 is 9.18 Å². The van der Waals surface area contributed by atoms with Crippen molar-refractivity contribution in [3.63, 3.8) is 0 Å². The maximum atomic E-state index is 13.2. The van der Waals surface area contributed by atoms with Crippen LogP contribution in [-0.4, -0.2) is 15.7 Å². The second-order valence-corrected chi connectivity index (χ2v) is 6.86. The van der Waals surface area contributed by atoms with Crippen molar-refractivity contribution >= 4 is 17.5 Å². The molecule has 1 aromatic carbocycles. The van der Waals surface area contributed by atoms with Gasteiger partial charge in [0.05, 0.1) is 21.9 Å². The van der Waals surface area contributed by atoms with Gasteiger partial charge in [-0.25, -0.2) is 4.39 Å². The maximum absolute atomic E-state index is 13.2. The van der Waals surface area contributed by atoms with E-state index in [0.29, 0.717) is 5.02 Å². The van der Waals surface area contributed by atoms with E-state index in [9.17, 15) is 9.18 Å². The molecule has 0 saturated heterocycles. The van der Waals surface area contributed by atoms with Crippen molar-refractivity contribution in [2.45, 2.75) is 51.6 Å². The first kappa shape index (κ1) is 17.0. The molecule has 0 bridgehead atoms. The molecular weight excluding hydrogens is 329 g/mol. The summed E-state index contributed by atoms with van der Waals surface area (Å²) in [7, 11) is 0. The predicted octanol–water partition coefficient (Wildman–Crippen LogP) is 3.88. The first-order valence-electron chi connectivity index (χ1n) is 8.18. The summed E-state index contributed by atoms with van der Waals surface area (Å²) >= 11 is 6.14. The Kier molecular flexibility index (Phi) is 4.63. The Hall–Kier alpha value is -1.88. The molecule has 3 rings (SSSR count). The molecule has 0 unspecified atom stereocenters. The van der Waals surface area contributed by atoms with E-state index in [1.807, 2.05) is 13.8 Å². The fourth-order valence-corrected chi connectivity index (χ4v) is 3.64. The summed E-state index contributed by atoms with van der Waals surface area (Å²) in [4.78, 5) is 12.6. The third-order valence-electron chi connectivity index (χ3n) is 4.82. The van der Waals surface area contributed by atoms with Crippen LogP contribution in [0.15, 0.2) is 24.3 Å². The minimum Gasteiger partial charge on any atom is -0.345 e. The van der Waals surface area contributed by atoms with Gasteiger partial charge < -0.3 is 5.32 Å². The van der Waals surface area contributed by atoms with E-state index in [0.717, 1.165) is 42.6 Å². The number of benzene rings is 1. The van der Waals surface area contributed by atoms with Crippen LogP contribution in [-0.2, 0) is 16.9 Å². The van der Waals surface area contributed by atoms with Gasteiger partial charge in [0.25, 0.3) is 0 Å². The zero-order valence-electron chi connectivity index (χ0n) is 13.9. The molecule has 1 aromatic heterocycles. The van der Waals surface area contributed by atoms with Gasteiger partial charge in [0.15, 0.2) is 0 Å². The molecule has 6 heteroatoms. The Bertz CT molecular complexity index is 748. The Morgan fingerprint density at radius 2 is 1.92 bits per heavy atom. The quantitative estimate of drug-likeness (QED) is 0.910. The standard InChI is InChI=1S/C18H21ClFN3O/c1-12-17(19)13(2)23(22-12)11-16(24)21-18(9-3-4-10-18)14-5-7-15(20)8-6-14/h5-8H,3-4,9-11H2,1-2H3,(H,21,24). The van der Waals surface area contributed by atoms with Crippen LogP contribution in [0.3, 0.4) is 0 Å². The highest BCUT2D eigenvalue weighted by Crippen LogP contribution is 2.38. The van der Waals surface area contributed by atoms with Crippen LogP contribution in [0.5, 0.6) is 0 Å². The highest BCUT2D eigenvalue weighted by atomic mass is 35.5. The van der Waals surface area contributed by atoms with Gasteiger partial charge in [-0.15, -0.1) is 0 Å². The number of hydrogen-bond donors (Lipinski definition) is 1. The van der Waals surface area contributed by atoms with Gasteiger partial charge in [-0.2, -0.15) is 5.10 Å². The highest BCUT2D eigenvalue weighted by Gasteiger charge is 2.37. The number of carbonyl (C=O) groups is 1. The lowest BCUT2D eigenvalue weighted by molar-refractivity contribution is -0.124. The van der Waals surface area contributed by atoms with Gasteiger partial charge in [-0.1, -0.05) is 36.6 Å². The zero-order chi connectivity index (χ0) is 17.3. The Morgan fingerprint density at radius 3 is 2.46 bits per heavy atom. The van der Waals surface area contributed by atoms with Gasteiger partial charge in [0, 0.05) is 0 Å². The molecule has 24 heavy (non-hydrogen) atoms. The van der Waals surface area contributed by atoms with Crippen molar-refractivity contribution in [1.82, 2.24) is 15.1 Å². The van der Waals surface area contributed by atoms with Gasteiger partial charge in [0.2, 0.25) is 5.91 Å². The summed E-state index contributed by atoms with van der Waals surface area (Å²) in [6.07, 6.45) is 3.82. The summed E-state index contributed by atoms with van der Waals surface area (Å²) in [5, 5.41) is 8.07. The van der Waals surface area contributed by atoms with Crippen molar-refractivity contribution in [1.29, 1.82) is 0 Å². The molecule has 1 saturated carbocycles. The minimum absolute atomic E-state index is 0.108. The van der Waals surface area contributed by atoms with E-state index < -0.39 is 5.54 Å². The molecule has 1 heterocycles. The third kappa shape index (κ3) is 3.18. The van der Waals surface area contributed by atoms with E-state index in [-0.39, 0.29) is 18.3 Å². The van der Waals surface area contributed by atoms with Gasteiger partial charge in [-0.3, -0.25) is 9.48 Å². The molecule has 128 valence electrons. The smallest absolute Gasteiger partial charge is 0.242 e.